The summed E-state index contributed by atoms with van der Waals surface area (Å²) in [5.41, 5.74) is 8.24. The first-order chi connectivity index (χ1) is 11.8. The van der Waals surface area contributed by atoms with E-state index in [0.29, 0.717) is 53.3 Å². The molecule has 0 spiro atoms. The van der Waals surface area contributed by atoms with Crippen molar-refractivity contribution in [1.82, 2.24) is 4.98 Å². The highest BCUT2D eigenvalue weighted by Crippen LogP contribution is 2.43. The number of rotatable bonds is 2. The average Bonchev–Trinajstić information content (AvgIpc) is 2.57. The van der Waals surface area contributed by atoms with Crippen LogP contribution in [0, 0.1) is 0 Å². The van der Waals surface area contributed by atoms with Gasteiger partial charge in [0, 0.05) is 11.1 Å². The molecule has 0 fully saturated rings. The number of nitrogen functional groups attached to an aromatic ring is 1. The van der Waals surface area contributed by atoms with Crippen molar-refractivity contribution in [2.45, 2.75) is 0 Å². The maximum absolute atomic E-state index is 6.31. The van der Waals surface area contributed by atoms with Gasteiger partial charge in [-0.05, 0) is 36.4 Å². The lowest BCUT2D eigenvalue weighted by Gasteiger charge is -2.14. The lowest BCUT2D eigenvalue weighted by molar-refractivity contribution is 1.32. The summed E-state index contributed by atoms with van der Waals surface area (Å²) in [6.45, 7) is 0. The highest BCUT2D eigenvalue weighted by molar-refractivity contribution is 6.47. The Labute approximate surface area is 174 Å². The van der Waals surface area contributed by atoms with Crippen molar-refractivity contribution < 1.29 is 0 Å². The van der Waals surface area contributed by atoms with Crippen LogP contribution in [0.15, 0.2) is 36.4 Å². The standard InChI is InChI=1S/C17H8Cl6N2/c18-7-1-3-9(20)15(22)13(7)12-6-5-11(24)17(25-12)14-8(19)2-4-10(21)16(14)23/h1-6H,24H2. The maximum atomic E-state index is 6.31. The smallest absolute Gasteiger partial charge is 0.0969 e. The molecule has 0 saturated heterocycles. The summed E-state index contributed by atoms with van der Waals surface area (Å²) in [6, 6.07) is 9.83. The summed E-state index contributed by atoms with van der Waals surface area (Å²) < 4.78 is 0. The number of benzene rings is 2. The number of halogens is 6. The van der Waals surface area contributed by atoms with Crippen LogP contribution in [-0.4, -0.2) is 4.98 Å². The second-order valence-electron chi connectivity index (χ2n) is 5.07. The van der Waals surface area contributed by atoms with Crippen molar-refractivity contribution in [3.05, 3.63) is 66.5 Å². The van der Waals surface area contributed by atoms with Gasteiger partial charge in [-0.1, -0.05) is 69.6 Å². The Morgan fingerprint density at radius 1 is 0.600 bits per heavy atom. The largest absolute Gasteiger partial charge is 0.397 e. The molecule has 1 aromatic heterocycles. The van der Waals surface area contributed by atoms with Gasteiger partial charge in [-0.2, -0.15) is 0 Å². The van der Waals surface area contributed by atoms with E-state index in [0.717, 1.165) is 0 Å². The molecule has 3 aromatic rings. The summed E-state index contributed by atoms with van der Waals surface area (Å²) in [7, 11) is 0. The van der Waals surface area contributed by atoms with Gasteiger partial charge in [-0.25, -0.2) is 4.98 Å². The van der Waals surface area contributed by atoms with E-state index in [-0.39, 0.29) is 5.02 Å². The van der Waals surface area contributed by atoms with Crippen molar-refractivity contribution in [3.63, 3.8) is 0 Å². The van der Waals surface area contributed by atoms with Crippen molar-refractivity contribution in [3.8, 4) is 22.5 Å². The topological polar surface area (TPSA) is 38.9 Å². The van der Waals surface area contributed by atoms with E-state index in [1.807, 2.05) is 0 Å². The van der Waals surface area contributed by atoms with Crippen molar-refractivity contribution >= 4 is 75.3 Å². The summed E-state index contributed by atoms with van der Waals surface area (Å²) in [5, 5.41) is 2.02. The maximum Gasteiger partial charge on any atom is 0.0969 e. The van der Waals surface area contributed by atoms with E-state index in [1.165, 1.54) is 0 Å². The first-order valence-electron chi connectivity index (χ1n) is 6.85. The summed E-state index contributed by atoms with van der Waals surface area (Å²) in [6.07, 6.45) is 0. The van der Waals surface area contributed by atoms with E-state index >= 15 is 0 Å². The van der Waals surface area contributed by atoms with E-state index in [9.17, 15) is 0 Å². The van der Waals surface area contributed by atoms with Crippen LogP contribution in [0.5, 0.6) is 0 Å². The van der Waals surface area contributed by atoms with Gasteiger partial charge in [-0.3, -0.25) is 0 Å². The van der Waals surface area contributed by atoms with Gasteiger partial charge >= 0.3 is 0 Å². The third-order valence-corrected chi connectivity index (χ3v) is 5.75. The van der Waals surface area contributed by atoms with E-state index in [1.54, 1.807) is 36.4 Å². The second-order valence-corrected chi connectivity index (χ2v) is 7.46. The Morgan fingerprint density at radius 3 is 1.68 bits per heavy atom. The highest BCUT2D eigenvalue weighted by Gasteiger charge is 2.19. The molecule has 8 heteroatoms. The Kier molecular flexibility index (Phi) is 5.60. The zero-order chi connectivity index (χ0) is 18.3. The predicted molar refractivity (Wildman–Crippen MR) is 110 cm³/mol. The summed E-state index contributed by atoms with van der Waals surface area (Å²) in [4.78, 5) is 4.56. The van der Waals surface area contributed by atoms with Gasteiger partial charge in [0.15, 0.2) is 0 Å². The molecule has 0 unspecified atom stereocenters. The minimum atomic E-state index is 0.258. The van der Waals surface area contributed by atoms with Crippen LogP contribution in [0.4, 0.5) is 5.69 Å². The van der Waals surface area contributed by atoms with Gasteiger partial charge in [0.25, 0.3) is 0 Å². The molecule has 2 N–H and O–H groups in total. The van der Waals surface area contributed by atoms with Crippen LogP contribution < -0.4 is 5.73 Å². The predicted octanol–water partition coefficient (Wildman–Crippen LogP) is 7.92. The fourth-order valence-electron chi connectivity index (χ4n) is 2.32. The molecule has 3 rings (SSSR count). The molecule has 128 valence electrons. The number of anilines is 1. The van der Waals surface area contributed by atoms with Gasteiger partial charge < -0.3 is 5.73 Å². The van der Waals surface area contributed by atoms with Crippen molar-refractivity contribution in [1.29, 1.82) is 0 Å². The zero-order valence-corrected chi connectivity index (χ0v) is 16.8. The van der Waals surface area contributed by atoms with Crippen LogP contribution in [0.25, 0.3) is 22.5 Å². The SMILES string of the molecule is Nc1ccc(-c2c(Cl)ccc(Cl)c2Cl)nc1-c1c(Cl)ccc(Cl)c1Cl. The van der Waals surface area contributed by atoms with Gasteiger partial charge in [0.1, 0.15) is 0 Å². The number of hydrogen-bond donors (Lipinski definition) is 1. The molecule has 0 aliphatic rings. The summed E-state index contributed by atoms with van der Waals surface area (Å²) in [5.74, 6) is 0. The van der Waals surface area contributed by atoms with Gasteiger partial charge in [-0.15, -0.1) is 0 Å². The number of pyridine rings is 1. The monoisotopic (exact) mass is 450 g/mol. The number of aromatic nitrogens is 1. The molecule has 2 aromatic carbocycles. The minimum absolute atomic E-state index is 0.258. The third-order valence-electron chi connectivity index (χ3n) is 3.51. The highest BCUT2D eigenvalue weighted by atomic mass is 35.5. The van der Waals surface area contributed by atoms with Crippen molar-refractivity contribution in [2.75, 3.05) is 5.73 Å². The van der Waals surface area contributed by atoms with E-state index in [2.05, 4.69) is 4.98 Å². The molecule has 0 radical (unpaired) electrons. The third kappa shape index (κ3) is 3.52. The Hall–Kier alpha value is -0.870. The zero-order valence-electron chi connectivity index (χ0n) is 12.3. The van der Waals surface area contributed by atoms with E-state index < -0.39 is 0 Å². The fourth-order valence-corrected chi connectivity index (χ4v) is 3.74. The van der Waals surface area contributed by atoms with Crippen LogP contribution in [-0.2, 0) is 0 Å². The normalized spacial score (nSPS) is 11.0. The van der Waals surface area contributed by atoms with Crippen LogP contribution in [0.2, 0.25) is 30.1 Å². The Balaban J connectivity index is 2.29. The number of nitrogens with two attached hydrogens (primary N) is 1. The molecule has 0 aliphatic heterocycles. The van der Waals surface area contributed by atoms with Gasteiger partial charge in [0.2, 0.25) is 0 Å². The lowest BCUT2D eigenvalue weighted by atomic mass is 10.1. The molecular formula is C17H8Cl6N2. The second kappa shape index (κ2) is 7.40. The molecular weight excluding hydrogens is 445 g/mol. The molecule has 0 atom stereocenters. The molecule has 25 heavy (non-hydrogen) atoms. The number of hydrogen-bond acceptors (Lipinski definition) is 2. The average molecular weight is 453 g/mol. The molecule has 0 bridgehead atoms. The first kappa shape index (κ1) is 18.9. The first-order valence-corrected chi connectivity index (χ1v) is 9.12. The fraction of sp³-hybridized carbons (Fsp3) is 0. The Bertz CT molecular complexity index is 987. The molecule has 0 saturated carbocycles. The molecule has 0 amide bonds. The summed E-state index contributed by atoms with van der Waals surface area (Å²) >= 11 is 37.4. The molecule has 0 aliphatic carbocycles. The van der Waals surface area contributed by atoms with Crippen LogP contribution >= 0.6 is 69.6 Å². The lowest BCUT2D eigenvalue weighted by Crippen LogP contribution is -1.98. The van der Waals surface area contributed by atoms with Crippen molar-refractivity contribution in [2.24, 2.45) is 0 Å². The number of nitrogens with zero attached hydrogens (tertiary/aromatic N) is 1. The quantitative estimate of drug-likeness (QED) is 0.401. The molecule has 2 nitrogen and oxygen atoms in total. The van der Waals surface area contributed by atoms with Crippen LogP contribution in [0.1, 0.15) is 0 Å². The molecule has 1 heterocycles. The Morgan fingerprint density at radius 2 is 1.08 bits per heavy atom. The van der Waals surface area contributed by atoms with E-state index in [4.69, 9.17) is 75.3 Å². The van der Waals surface area contributed by atoms with Crippen LogP contribution in [0.3, 0.4) is 0 Å². The minimum Gasteiger partial charge on any atom is -0.397 e. The van der Waals surface area contributed by atoms with Gasteiger partial charge in [0.05, 0.1) is 47.2 Å².